The molecule has 1 saturated carbocycles. The second-order valence-electron chi connectivity index (χ2n) is 5.02. The SMILES string of the molecule is COC1(CNCC2CCCCN2)CCC1. The fourth-order valence-electron chi connectivity index (χ4n) is 2.60. The maximum Gasteiger partial charge on any atom is 0.0802 e. The van der Waals surface area contributed by atoms with Gasteiger partial charge in [-0.15, -0.1) is 0 Å². The largest absolute Gasteiger partial charge is 0.377 e. The van der Waals surface area contributed by atoms with Crippen LogP contribution in [0.3, 0.4) is 0 Å². The fraction of sp³-hybridized carbons (Fsp3) is 1.00. The number of nitrogens with one attached hydrogen (secondary N) is 2. The van der Waals surface area contributed by atoms with E-state index < -0.39 is 0 Å². The molecule has 15 heavy (non-hydrogen) atoms. The van der Waals surface area contributed by atoms with E-state index in [1.807, 2.05) is 7.11 Å². The predicted molar refractivity (Wildman–Crippen MR) is 62.1 cm³/mol. The minimum absolute atomic E-state index is 0.175. The van der Waals surface area contributed by atoms with Crippen molar-refractivity contribution in [3.63, 3.8) is 0 Å². The molecule has 3 heteroatoms. The molecular formula is C12H24N2O. The van der Waals surface area contributed by atoms with Crippen molar-refractivity contribution >= 4 is 0 Å². The molecule has 2 fully saturated rings. The first-order chi connectivity index (χ1) is 7.35. The zero-order valence-corrected chi connectivity index (χ0v) is 9.85. The van der Waals surface area contributed by atoms with Gasteiger partial charge in [0.15, 0.2) is 0 Å². The van der Waals surface area contributed by atoms with Crippen LogP contribution in [-0.2, 0) is 4.74 Å². The zero-order chi connectivity index (χ0) is 10.6. The average molecular weight is 212 g/mol. The summed E-state index contributed by atoms with van der Waals surface area (Å²) in [5, 5.41) is 7.12. The van der Waals surface area contributed by atoms with Crippen molar-refractivity contribution in [2.75, 3.05) is 26.7 Å². The molecule has 0 amide bonds. The minimum atomic E-state index is 0.175. The smallest absolute Gasteiger partial charge is 0.0802 e. The quantitative estimate of drug-likeness (QED) is 0.720. The summed E-state index contributed by atoms with van der Waals surface area (Å²) in [6.45, 7) is 3.33. The van der Waals surface area contributed by atoms with E-state index in [2.05, 4.69) is 10.6 Å². The highest BCUT2D eigenvalue weighted by molar-refractivity contribution is 4.91. The molecule has 1 aliphatic carbocycles. The van der Waals surface area contributed by atoms with Crippen molar-refractivity contribution in [3.05, 3.63) is 0 Å². The molecule has 0 aromatic carbocycles. The number of hydrogen-bond donors (Lipinski definition) is 2. The first-order valence-corrected chi connectivity index (χ1v) is 6.34. The average Bonchev–Trinajstić information content (AvgIpc) is 2.24. The van der Waals surface area contributed by atoms with Gasteiger partial charge in [0.05, 0.1) is 5.60 Å². The standard InChI is InChI=1S/C12H24N2O/c1-15-12(6-4-7-12)10-13-9-11-5-2-3-8-14-11/h11,13-14H,2-10H2,1H3. The van der Waals surface area contributed by atoms with E-state index in [4.69, 9.17) is 4.74 Å². The molecule has 2 aliphatic rings. The van der Waals surface area contributed by atoms with Crippen LogP contribution in [0.15, 0.2) is 0 Å². The van der Waals surface area contributed by atoms with Crippen LogP contribution in [0.4, 0.5) is 0 Å². The van der Waals surface area contributed by atoms with E-state index in [9.17, 15) is 0 Å². The second kappa shape index (κ2) is 5.28. The normalized spacial score (nSPS) is 29.8. The Labute approximate surface area is 93.0 Å². The van der Waals surface area contributed by atoms with Crippen LogP contribution in [0, 0.1) is 0 Å². The molecular weight excluding hydrogens is 188 g/mol. The van der Waals surface area contributed by atoms with Gasteiger partial charge in [-0.25, -0.2) is 0 Å². The molecule has 0 aromatic heterocycles. The predicted octanol–water partition coefficient (Wildman–Crippen LogP) is 1.29. The fourth-order valence-corrected chi connectivity index (χ4v) is 2.60. The lowest BCUT2D eigenvalue weighted by Gasteiger charge is -2.41. The lowest BCUT2D eigenvalue weighted by molar-refractivity contribution is -0.0695. The third kappa shape index (κ3) is 2.92. The van der Waals surface area contributed by atoms with Crippen molar-refractivity contribution in [1.29, 1.82) is 0 Å². The van der Waals surface area contributed by atoms with E-state index in [-0.39, 0.29) is 5.60 Å². The van der Waals surface area contributed by atoms with Gasteiger partial charge >= 0.3 is 0 Å². The maximum atomic E-state index is 5.58. The van der Waals surface area contributed by atoms with Crippen LogP contribution < -0.4 is 10.6 Å². The summed E-state index contributed by atoms with van der Waals surface area (Å²) in [5.74, 6) is 0. The molecule has 1 saturated heterocycles. The van der Waals surface area contributed by atoms with Gasteiger partial charge in [-0.2, -0.15) is 0 Å². The minimum Gasteiger partial charge on any atom is -0.377 e. The molecule has 0 aromatic rings. The number of hydrogen-bond acceptors (Lipinski definition) is 3. The summed E-state index contributed by atoms with van der Waals surface area (Å²) >= 11 is 0. The van der Waals surface area contributed by atoms with E-state index >= 15 is 0 Å². The van der Waals surface area contributed by atoms with Crippen LogP contribution in [0.1, 0.15) is 38.5 Å². The van der Waals surface area contributed by atoms with Crippen molar-refractivity contribution in [2.24, 2.45) is 0 Å². The summed E-state index contributed by atoms with van der Waals surface area (Å²) in [6.07, 6.45) is 7.85. The number of methoxy groups -OCH3 is 1. The highest BCUT2D eigenvalue weighted by Crippen LogP contribution is 2.34. The molecule has 1 aliphatic heterocycles. The van der Waals surface area contributed by atoms with Crippen LogP contribution >= 0.6 is 0 Å². The molecule has 2 N–H and O–H groups in total. The second-order valence-corrected chi connectivity index (χ2v) is 5.02. The molecule has 3 nitrogen and oxygen atoms in total. The third-order valence-electron chi connectivity index (χ3n) is 3.95. The summed E-state index contributed by atoms with van der Waals surface area (Å²) in [6, 6.07) is 0.688. The highest BCUT2D eigenvalue weighted by Gasteiger charge is 2.36. The molecule has 1 unspecified atom stereocenters. The Bertz CT molecular complexity index is 181. The summed E-state index contributed by atoms with van der Waals surface area (Å²) in [7, 11) is 1.85. The number of rotatable bonds is 5. The molecule has 1 heterocycles. The first kappa shape index (κ1) is 11.4. The lowest BCUT2D eigenvalue weighted by atomic mass is 9.80. The summed E-state index contributed by atoms with van der Waals surface area (Å²) in [4.78, 5) is 0. The van der Waals surface area contributed by atoms with Crippen LogP contribution in [0.5, 0.6) is 0 Å². The molecule has 2 rings (SSSR count). The monoisotopic (exact) mass is 212 g/mol. The molecule has 88 valence electrons. The first-order valence-electron chi connectivity index (χ1n) is 6.34. The summed E-state index contributed by atoms with van der Waals surface area (Å²) in [5.41, 5.74) is 0.175. The van der Waals surface area contributed by atoms with Crippen molar-refractivity contribution in [1.82, 2.24) is 10.6 Å². The Kier molecular flexibility index (Phi) is 4.00. The number of ether oxygens (including phenoxy) is 1. The van der Waals surface area contributed by atoms with Crippen molar-refractivity contribution in [2.45, 2.75) is 50.2 Å². The van der Waals surface area contributed by atoms with Gasteiger partial charge in [0.1, 0.15) is 0 Å². The third-order valence-corrected chi connectivity index (χ3v) is 3.95. The van der Waals surface area contributed by atoms with Gasteiger partial charge in [-0.3, -0.25) is 0 Å². The van der Waals surface area contributed by atoms with Gasteiger partial charge in [0, 0.05) is 26.2 Å². The highest BCUT2D eigenvalue weighted by atomic mass is 16.5. The molecule has 0 spiro atoms. The van der Waals surface area contributed by atoms with Crippen LogP contribution in [-0.4, -0.2) is 38.4 Å². The number of piperidine rings is 1. The topological polar surface area (TPSA) is 33.3 Å². The van der Waals surface area contributed by atoms with E-state index in [1.165, 1.54) is 45.1 Å². The zero-order valence-electron chi connectivity index (χ0n) is 9.85. The van der Waals surface area contributed by atoms with Crippen LogP contribution in [0.25, 0.3) is 0 Å². The molecule has 1 atom stereocenters. The van der Waals surface area contributed by atoms with Gasteiger partial charge in [0.25, 0.3) is 0 Å². The molecule has 0 bridgehead atoms. The Hall–Kier alpha value is -0.120. The van der Waals surface area contributed by atoms with Gasteiger partial charge in [0.2, 0.25) is 0 Å². The van der Waals surface area contributed by atoms with E-state index in [0.29, 0.717) is 6.04 Å². The Morgan fingerprint density at radius 3 is 2.73 bits per heavy atom. The van der Waals surface area contributed by atoms with Gasteiger partial charge in [-0.1, -0.05) is 6.42 Å². The summed E-state index contributed by atoms with van der Waals surface area (Å²) < 4.78 is 5.58. The lowest BCUT2D eigenvalue weighted by Crippen LogP contribution is -2.51. The van der Waals surface area contributed by atoms with Gasteiger partial charge < -0.3 is 15.4 Å². The Balaban J connectivity index is 1.61. The Morgan fingerprint density at radius 1 is 1.33 bits per heavy atom. The molecule has 0 radical (unpaired) electrons. The Morgan fingerprint density at radius 2 is 2.20 bits per heavy atom. The van der Waals surface area contributed by atoms with Crippen molar-refractivity contribution in [3.8, 4) is 0 Å². The van der Waals surface area contributed by atoms with Crippen molar-refractivity contribution < 1.29 is 4.74 Å². The van der Waals surface area contributed by atoms with Gasteiger partial charge in [-0.05, 0) is 38.6 Å². The maximum absolute atomic E-state index is 5.58. The van der Waals surface area contributed by atoms with E-state index in [1.54, 1.807) is 0 Å². The van der Waals surface area contributed by atoms with Crippen LogP contribution in [0.2, 0.25) is 0 Å². The van der Waals surface area contributed by atoms with E-state index in [0.717, 1.165) is 13.1 Å².